The molecule has 16 heavy (non-hydrogen) atoms. The molecule has 4 nitrogen and oxygen atoms in total. The lowest BCUT2D eigenvalue weighted by atomic mass is 9.51. The molecule has 0 bridgehead atoms. The van der Waals surface area contributed by atoms with Crippen molar-refractivity contribution < 1.29 is 19.1 Å². The van der Waals surface area contributed by atoms with Gasteiger partial charge in [-0.1, -0.05) is 27.7 Å². The molecule has 0 radical (unpaired) electrons. The SMILES string of the molecule is CC1(C)C(OC(=O)Cl)C(C)(C)C1OC(=O)Cl. The molecule has 1 fully saturated rings. The average Bonchev–Trinajstić information content (AvgIpc) is 2.09. The van der Waals surface area contributed by atoms with Gasteiger partial charge in [-0.25, -0.2) is 9.59 Å². The van der Waals surface area contributed by atoms with E-state index in [-0.39, 0.29) is 0 Å². The van der Waals surface area contributed by atoms with Crippen LogP contribution in [0.4, 0.5) is 9.59 Å². The summed E-state index contributed by atoms with van der Waals surface area (Å²) in [5, 5.41) is 0. The van der Waals surface area contributed by atoms with E-state index in [1.54, 1.807) is 0 Å². The van der Waals surface area contributed by atoms with Crippen molar-refractivity contribution >= 4 is 34.1 Å². The lowest BCUT2D eigenvalue weighted by Gasteiger charge is -2.60. The molecule has 0 spiro atoms. The van der Waals surface area contributed by atoms with Crippen LogP contribution in [0.3, 0.4) is 0 Å². The summed E-state index contributed by atoms with van der Waals surface area (Å²) in [5.74, 6) is 0. The minimum atomic E-state index is -0.859. The Hall–Kier alpha value is -0.480. The fourth-order valence-electron chi connectivity index (χ4n) is 2.89. The predicted molar refractivity (Wildman–Crippen MR) is 59.8 cm³/mol. The van der Waals surface area contributed by atoms with Crippen LogP contribution >= 0.6 is 23.2 Å². The van der Waals surface area contributed by atoms with Crippen molar-refractivity contribution in [2.75, 3.05) is 0 Å². The molecular formula is C10H14Cl2O4. The predicted octanol–water partition coefficient (Wildman–Crippen LogP) is 3.54. The van der Waals surface area contributed by atoms with Crippen LogP contribution < -0.4 is 0 Å². The highest BCUT2D eigenvalue weighted by Crippen LogP contribution is 2.57. The number of hydrogen-bond acceptors (Lipinski definition) is 4. The monoisotopic (exact) mass is 268 g/mol. The van der Waals surface area contributed by atoms with Gasteiger partial charge in [-0.2, -0.15) is 0 Å². The van der Waals surface area contributed by atoms with Gasteiger partial charge >= 0.3 is 10.9 Å². The van der Waals surface area contributed by atoms with E-state index in [1.807, 2.05) is 27.7 Å². The number of ether oxygens (including phenoxy) is 2. The molecular weight excluding hydrogens is 255 g/mol. The van der Waals surface area contributed by atoms with Gasteiger partial charge < -0.3 is 9.47 Å². The van der Waals surface area contributed by atoms with Gasteiger partial charge in [-0.15, -0.1) is 0 Å². The molecule has 0 saturated heterocycles. The van der Waals surface area contributed by atoms with Gasteiger partial charge in [0, 0.05) is 34.0 Å². The molecule has 1 saturated carbocycles. The third-order valence-corrected chi connectivity index (χ3v) is 3.30. The van der Waals surface area contributed by atoms with Crippen LogP contribution in [0, 0.1) is 10.8 Å². The Morgan fingerprint density at radius 1 is 0.875 bits per heavy atom. The third kappa shape index (κ3) is 2.13. The Kier molecular flexibility index (Phi) is 3.46. The second-order valence-corrected chi connectivity index (χ2v) is 5.73. The van der Waals surface area contributed by atoms with E-state index in [0.717, 1.165) is 0 Å². The van der Waals surface area contributed by atoms with Crippen molar-refractivity contribution in [2.45, 2.75) is 39.9 Å². The van der Waals surface area contributed by atoms with Crippen molar-refractivity contribution in [1.29, 1.82) is 0 Å². The molecule has 92 valence electrons. The highest BCUT2D eigenvalue weighted by Gasteiger charge is 2.66. The van der Waals surface area contributed by atoms with Crippen LogP contribution in [0.25, 0.3) is 0 Å². The second-order valence-electron chi connectivity index (χ2n) is 5.11. The van der Waals surface area contributed by atoms with Crippen LogP contribution in [0.5, 0.6) is 0 Å². The average molecular weight is 269 g/mol. The summed E-state index contributed by atoms with van der Waals surface area (Å²) in [7, 11) is 0. The minimum absolute atomic E-state index is 0.411. The summed E-state index contributed by atoms with van der Waals surface area (Å²) in [5.41, 5.74) is -2.72. The molecule has 6 heteroatoms. The van der Waals surface area contributed by atoms with Crippen LogP contribution in [-0.2, 0) is 9.47 Å². The summed E-state index contributed by atoms with van der Waals surface area (Å²) >= 11 is 10.4. The van der Waals surface area contributed by atoms with E-state index in [2.05, 4.69) is 0 Å². The van der Waals surface area contributed by atoms with Gasteiger partial charge in [0.1, 0.15) is 12.2 Å². The minimum Gasteiger partial charge on any atom is -0.449 e. The molecule has 0 N–H and O–H groups in total. The zero-order chi connectivity index (χ0) is 12.7. The largest absolute Gasteiger partial charge is 0.449 e. The maximum absolute atomic E-state index is 10.8. The number of rotatable bonds is 2. The Morgan fingerprint density at radius 3 is 1.31 bits per heavy atom. The van der Waals surface area contributed by atoms with Crippen molar-refractivity contribution in [3.05, 3.63) is 0 Å². The molecule has 1 aliphatic rings. The zero-order valence-corrected chi connectivity index (χ0v) is 11.1. The molecule has 1 rings (SSSR count). The topological polar surface area (TPSA) is 52.6 Å². The number of carbonyl (C=O) groups is 2. The first-order valence-corrected chi connectivity index (χ1v) is 5.58. The van der Waals surface area contributed by atoms with Crippen LogP contribution in [0.1, 0.15) is 27.7 Å². The van der Waals surface area contributed by atoms with Crippen molar-refractivity contribution in [3.63, 3.8) is 0 Å². The molecule has 0 aromatic rings. The first-order chi connectivity index (χ1) is 7.10. The third-order valence-electron chi connectivity index (χ3n) is 3.12. The Labute approximate surface area is 104 Å². The van der Waals surface area contributed by atoms with E-state index in [1.165, 1.54) is 0 Å². The molecule has 0 aromatic carbocycles. The smallest absolute Gasteiger partial charge is 0.404 e. The summed E-state index contributed by atoms with van der Waals surface area (Å²) in [6.45, 7) is 7.31. The lowest BCUT2D eigenvalue weighted by Crippen LogP contribution is -2.69. The van der Waals surface area contributed by atoms with Gasteiger partial charge in [0.05, 0.1) is 0 Å². The zero-order valence-electron chi connectivity index (χ0n) is 9.54. The van der Waals surface area contributed by atoms with Crippen LogP contribution in [0.2, 0.25) is 0 Å². The first-order valence-electron chi connectivity index (χ1n) is 4.82. The van der Waals surface area contributed by atoms with Crippen molar-refractivity contribution in [1.82, 2.24) is 0 Å². The van der Waals surface area contributed by atoms with Crippen LogP contribution in [-0.4, -0.2) is 23.1 Å². The van der Waals surface area contributed by atoms with E-state index in [4.69, 9.17) is 32.7 Å². The molecule has 0 unspecified atom stereocenters. The van der Waals surface area contributed by atoms with Crippen molar-refractivity contribution in [3.8, 4) is 0 Å². The normalized spacial score (nSPS) is 30.1. The number of halogens is 2. The van der Waals surface area contributed by atoms with E-state index in [0.29, 0.717) is 0 Å². The van der Waals surface area contributed by atoms with Gasteiger partial charge in [0.2, 0.25) is 0 Å². The fourth-order valence-corrected chi connectivity index (χ4v) is 3.07. The maximum Gasteiger partial charge on any atom is 0.404 e. The van der Waals surface area contributed by atoms with E-state index >= 15 is 0 Å². The van der Waals surface area contributed by atoms with Gasteiger partial charge in [-0.05, 0) is 0 Å². The highest BCUT2D eigenvalue weighted by molar-refractivity contribution is 6.61. The highest BCUT2D eigenvalue weighted by atomic mass is 35.5. The quantitative estimate of drug-likeness (QED) is 0.719. The van der Waals surface area contributed by atoms with Crippen LogP contribution in [0.15, 0.2) is 0 Å². The Bertz CT molecular complexity index is 281. The van der Waals surface area contributed by atoms with Gasteiger partial charge in [-0.3, -0.25) is 0 Å². The van der Waals surface area contributed by atoms with E-state index in [9.17, 15) is 9.59 Å². The van der Waals surface area contributed by atoms with Gasteiger partial charge in [0.25, 0.3) is 0 Å². The molecule has 0 heterocycles. The summed E-state index contributed by atoms with van der Waals surface area (Å²) in [4.78, 5) is 21.5. The second kappa shape index (κ2) is 4.08. The summed E-state index contributed by atoms with van der Waals surface area (Å²) in [6, 6.07) is 0. The molecule has 0 atom stereocenters. The maximum atomic E-state index is 10.8. The number of hydrogen-bond donors (Lipinski definition) is 0. The summed E-state index contributed by atoms with van der Waals surface area (Å²) < 4.78 is 10.0. The standard InChI is InChI=1S/C10H14Cl2O4/c1-9(2)5(15-7(11)13)10(3,4)6(9)16-8(12)14/h5-6H,1-4H3. The fraction of sp³-hybridized carbons (Fsp3) is 0.800. The number of carbonyl (C=O) groups excluding carboxylic acids is 2. The molecule has 0 aliphatic heterocycles. The molecule has 0 aromatic heterocycles. The summed E-state index contributed by atoms with van der Waals surface area (Å²) in [6.07, 6.45) is -0.822. The first kappa shape index (κ1) is 13.6. The Morgan fingerprint density at radius 2 is 1.12 bits per heavy atom. The lowest BCUT2D eigenvalue weighted by molar-refractivity contribution is -0.239. The molecule has 0 amide bonds. The molecule has 1 aliphatic carbocycles. The van der Waals surface area contributed by atoms with Crippen molar-refractivity contribution in [2.24, 2.45) is 10.8 Å². The van der Waals surface area contributed by atoms with E-state index < -0.39 is 33.9 Å². The Balaban J connectivity index is 2.85. The van der Waals surface area contributed by atoms with Gasteiger partial charge in [0.15, 0.2) is 0 Å².